The molecule has 180 valence electrons. The third kappa shape index (κ3) is 4.81. The molecule has 0 aliphatic heterocycles. The summed E-state index contributed by atoms with van der Waals surface area (Å²) in [5.74, 6) is -3.60. The predicted molar refractivity (Wildman–Crippen MR) is 123 cm³/mol. The van der Waals surface area contributed by atoms with Gasteiger partial charge in [0, 0.05) is 19.5 Å². The lowest BCUT2D eigenvalue weighted by Crippen LogP contribution is -2.23. The van der Waals surface area contributed by atoms with Gasteiger partial charge in [-0.2, -0.15) is 4.68 Å². The summed E-state index contributed by atoms with van der Waals surface area (Å²) >= 11 is 0. The molecule has 1 heterocycles. The number of halogens is 3. The molecule has 10 heteroatoms. The van der Waals surface area contributed by atoms with E-state index in [0.717, 1.165) is 34.5 Å². The second-order valence-electron chi connectivity index (χ2n) is 7.65. The number of hydrogen-bond acceptors (Lipinski definition) is 4. The molecule has 0 unspecified atom stereocenters. The number of nitrogens with one attached hydrogen (secondary N) is 1. The summed E-state index contributed by atoms with van der Waals surface area (Å²) in [6.07, 6.45) is 0.437. The molecular weight excluding hydrogens is 461 g/mol. The van der Waals surface area contributed by atoms with Gasteiger partial charge < -0.3 is 10.1 Å². The fraction of sp³-hybridized carbons (Fsp3) is 0.160. The Kier molecular flexibility index (Phi) is 6.72. The molecule has 0 aliphatic rings. The Morgan fingerprint density at radius 2 is 1.69 bits per heavy atom. The van der Waals surface area contributed by atoms with Gasteiger partial charge in [-0.1, -0.05) is 43.3 Å². The molecule has 0 fully saturated rings. The quantitative estimate of drug-likeness (QED) is 0.424. The SMILES string of the molecule is CCc1nn(-c2cc(OCc3ccccc3)c(C(=O)Nc3c(F)cccc3F)cc2F)c(=O)n1C. The van der Waals surface area contributed by atoms with Crippen molar-refractivity contribution < 1.29 is 22.7 Å². The highest BCUT2D eigenvalue weighted by molar-refractivity contribution is 6.06. The number of rotatable bonds is 7. The minimum absolute atomic E-state index is 0.0115. The molecule has 0 atom stereocenters. The highest BCUT2D eigenvalue weighted by Crippen LogP contribution is 2.28. The number of amides is 1. The van der Waals surface area contributed by atoms with Crippen molar-refractivity contribution in [1.82, 2.24) is 14.3 Å². The van der Waals surface area contributed by atoms with Crippen LogP contribution in [-0.4, -0.2) is 20.3 Å². The number of aryl methyl sites for hydroxylation is 1. The highest BCUT2D eigenvalue weighted by atomic mass is 19.1. The molecule has 0 saturated carbocycles. The van der Waals surface area contributed by atoms with Crippen LogP contribution in [0.15, 0.2) is 65.5 Å². The predicted octanol–water partition coefficient (Wildman–Crippen LogP) is 4.38. The standard InChI is InChI=1S/C25H21F3N4O3/c1-3-22-30-32(25(34)31(22)2)20-13-21(35-14-15-8-5-4-6-9-15)16(12-19(20)28)24(33)29-23-17(26)10-7-11-18(23)27/h4-13H,3,14H2,1-2H3,(H,29,33). The highest BCUT2D eigenvalue weighted by Gasteiger charge is 2.23. The summed E-state index contributed by atoms with van der Waals surface area (Å²) in [5, 5.41) is 6.29. The lowest BCUT2D eigenvalue weighted by atomic mass is 10.1. The lowest BCUT2D eigenvalue weighted by Gasteiger charge is -2.15. The lowest BCUT2D eigenvalue weighted by molar-refractivity contribution is 0.102. The van der Waals surface area contributed by atoms with Gasteiger partial charge in [0.15, 0.2) is 0 Å². The molecule has 0 bridgehead atoms. The van der Waals surface area contributed by atoms with Crippen molar-refractivity contribution in [3.63, 3.8) is 0 Å². The van der Waals surface area contributed by atoms with Crippen LogP contribution in [0.2, 0.25) is 0 Å². The zero-order chi connectivity index (χ0) is 25.1. The van der Waals surface area contributed by atoms with Gasteiger partial charge in [-0.05, 0) is 23.8 Å². The molecule has 1 aromatic heterocycles. The Balaban J connectivity index is 1.78. The number of aromatic nitrogens is 3. The van der Waals surface area contributed by atoms with Crippen LogP contribution in [0.3, 0.4) is 0 Å². The number of nitrogens with zero attached hydrogens (tertiary/aromatic N) is 3. The van der Waals surface area contributed by atoms with Crippen LogP contribution in [0, 0.1) is 17.5 Å². The first kappa shape index (κ1) is 23.8. The summed E-state index contributed by atoms with van der Waals surface area (Å²) in [5.41, 5.74) is -1.05. The van der Waals surface area contributed by atoms with Crippen molar-refractivity contribution >= 4 is 11.6 Å². The third-order valence-electron chi connectivity index (χ3n) is 5.35. The van der Waals surface area contributed by atoms with Crippen LogP contribution in [-0.2, 0) is 20.1 Å². The van der Waals surface area contributed by atoms with Crippen molar-refractivity contribution in [1.29, 1.82) is 0 Å². The molecule has 0 saturated heterocycles. The Morgan fingerprint density at radius 1 is 1.00 bits per heavy atom. The van der Waals surface area contributed by atoms with E-state index in [1.54, 1.807) is 31.2 Å². The molecule has 0 aliphatic carbocycles. The molecule has 3 aromatic carbocycles. The minimum Gasteiger partial charge on any atom is -0.488 e. The maximum absolute atomic E-state index is 15.2. The van der Waals surface area contributed by atoms with Gasteiger partial charge in [0.05, 0.1) is 5.56 Å². The Labute approximate surface area is 198 Å². The van der Waals surface area contributed by atoms with Crippen molar-refractivity contribution in [2.45, 2.75) is 20.0 Å². The molecule has 1 amide bonds. The van der Waals surface area contributed by atoms with E-state index in [-0.39, 0.29) is 23.6 Å². The van der Waals surface area contributed by atoms with E-state index >= 15 is 4.39 Å². The van der Waals surface area contributed by atoms with E-state index < -0.39 is 34.7 Å². The average molecular weight is 482 g/mol. The molecule has 0 spiro atoms. The zero-order valence-electron chi connectivity index (χ0n) is 18.9. The van der Waals surface area contributed by atoms with Crippen LogP contribution in [0.1, 0.15) is 28.7 Å². The largest absolute Gasteiger partial charge is 0.488 e. The second-order valence-corrected chi connectivity index (χ2v) is 7.65. The molecule has 7 nitrogen and oxygen atoms in total. The summed E-state index contributed by atoms with van der Waals surface area (Å²) in [6, 6.07) is 14.1. The van der Waals surface area contributed by atoms with Crippen molar-refractivity contribution in [3.8, 4) is 11.4 Å². The normalized spacial score (nSPS) is 10.9. The van der Waals surface area contributed by atoms with Gasteiger partial charge >= 0.3 is 5.69 Å². The number of benzene rings is 3. The topological polar surface area (TPSA) is 78.2 Å². The monoisotopic (exact) mass is 482 g/mol. The number of para-hydroxylation sites is 1. The molecule has 4 rings (SSSR count). The van der Waals surface area contributed by atoms with Crippen LogP contribution in [0.5, 0.6) is 5.75 Å². The van der Waals surface area contributed by atoms with Gasteiger partial charge in [0.25, 0.3) is 5.91 Å². The number of anilines is 1. The minimum atomic E-state index is -0.995. The summed E-state index contributed by atoms with van der Waals surface area (Å²) in [6.45, 7) is 1.81. The molecular formula is C25H21F3N4O3. The summed E-state index contributed by atoms with van der Waals surface area (Å²) in [4.78, 5) is 25.6. The van der Waals surface area contributed by atoms with Crippen LogP contribution in [0.25, 0.3) is 5.69 Å². The first-order chi connectivity index (χ1) is 16.8. The number of ether oxygens (including phenoxy) is 1. The van der Waals surface area contributed by atoms with Gasteiger partial charge in [-0.3, -0.25) is 9.36 Å². The molecule has 35 heavy (non-hydrogen) atoms. The maximum Gasteiger partial charge on any atom is 0.350 e. The Hall–Kier alpha value is -4.34. The van der Waals surface area contributed by atoms with Crippen LogP contribution in [0.4, 0.5) is 18.9 Å². The van der Waals surface area contributed by atoms with Gasteiger partial charge in [-0.25, -0.2) is 18.0 Å². The second kappa shape index (κ2) is 9.88. The van der Waals surface area contributed by atoms with E-state index in [1.807, 2.05) is 6.07 Å². The Morgan fingerprint density at radius 3 is 2.31 bits per heavy atom. The van der Waals surface area contributed by atoms with E-state index in [0.29, 0.717) is 12.2 Å². The maximum atomic E-state index is 15.2. The molecule has 1 N–H and O–H groups in total. The first-order valence-electron chi connectivity index (χ1n) is 10.7. The zero-order valence-corrected chi connectivity index (χ0v) is 18.9. The average Bonchev–Trinajstić information content (AvgIpc) is 3.14. The fourth-order valence-corrected chi connectivity index (χ4v) is 3.48. The molecule has 4 aromatic rings. The smallest absolute Gasteiger partial charge is 0.350 e. The van der Waals surface area contributed by atoms with Crippen molar-refractivity contribution in [2.24, 2.45) is 7.05 Å². The van der Waals surface area contributed by atoms with Crippen LogP contribution < -0.4 is 15.7 Å². The van der Waals surface area contributed by atoms with Gasteiger partial charge in [0.1, 0.15) is 47.0 Å². The molecule has 0 radical (unpaired) electrons. The van der Waals surface area contributed by atoms with E-state index in [9.17, 15) is 18.4 Å². The summed E-state index contributed by atoms with van der Waals surface area (Å²) in [7, 11) is 1.51. The first-order valence-corrected chi connectivity index (χ1v) is 10.7. The number of carbonyl (C=O) groups excluding carboxylic acids is 1. The summed E-state index contributed by atoms with van der Waals surface area (Å²) < 4.78 is 51.3. The van der Waals surface area contributed by atoms with Crippen molar-refractivity contribution in [2.75, 3.05) is 5.32 Å². The number of carbonyl (C=O) groups is 1. The van der Waals surface area contributed by atoms with E-state index in [2.05, 4.69) is 10.4 Å². The Bertz CT molecular complexity index is 1430. The van der Waals surface area contributed by atoms with E-state index in [4.69, 9.17) is 4.74 Å². The third-order valence-corrected chi connectivity index (χ3v) is 5.35. The van der Waals surface area contributed by atoms with Gasteiger partial charge in [0.2, 0.25) is 0 Å². The number of hydrogen-bond donors (Lipinski definition) is 1. The fourth-order valence-electron chi connectivity index (χ4n) is 3.48. The van der Waals surface area contributed by atoms with E-state index in [1.165, 1.54) is 17.7 Å². The van der Waals surface area contributed by atoms with Crippen LogP contribution >= 0.6 is 0 Å². The van der Waals surface area contributed by atoms with Gasteiger partial charge in [-0.15, -0.1) is 5.10 Å². The van der Waals surface area contributed by atoms with Crippen molar-refractivity contribution in [3.05, 3.63) is 106 Å².